The van der Waals surface area contributed by atoms with Gasteiger partial charge in [-0.05, 0) is 48.9 Å². The Morgan fingerprint density at radius 1 is 1.10 bits per heavy atom. The number of anilines is 1. The molecule has 0 radical (unpaired) electrons. The fourth-order valence-corrected chi connectivity index (χ4v) is 3.10. The van der Waals surface area contributed by atoms with Crippen LogP contribution in [0.2, 0.25) is 5.02 Å². The summed E-state index contributed by atoms with van der Waals surface area (Å²) in [6.07, 6.45) is 0. The summed E-state index contributed by atoms with van der Waals surface area (Å²) in [4.78, 5) is 0.242. The fraction of sp³-hybridized carbons (Fsp3) is 0.200. The molecule has 0 fully saturated rings. The largest absolute Gasteiger partial charge is 0.385 e. The van der Waals surface area contributed by atoms with Gasteiger partial charge in [0.2, 0.25) is 10.0 Å². The zero-order chi connectivity index (χ0) is 15.3. The van der Waals surface area contributed by atoms with E-state index in [1.807, 2.05) is 13.0 Å². The van der Waals surface area contributed by atoms with Crippen molar-refractivity contribution in [2.45, 2.75) is 18.4 Å². The molecule has 0 saturated heterocycles. The molecule has 0 spiro atoms. The van der Waals surface area contributed by atoms with Gasteiger partial charge in [0.1, 0.15) is 0 Å². The van der Waals surface area contributed by atoms with E-state index in [9.17, 15) is 8.42 Å². The molecule has 0 atom stereocenters. The topological polar surface area (TPSA) is 58.2 Å². The lowest BCUT2D eigenvalue weighted by Crippen LogP contribution is -2.23. The lowest BCUT2D eigenvalue weighted by molar-refractivity contribution is 0.581. The van der Waals surface area contributed by atoms with Crippen LogP contribution in [0.1, 0.15) is 12.5 Å². The Hall–Kier alpha value is -1.56. The van der Waals surface area contributed by atoms with Crippen LogP contribution in [0.5, 0.6) is 0 Å². The Morgan fingerprint density at radius 3 is 2.43 bits per heavy atom. The van der Waals surface area contributed by atoms with Crippen LogP contribution in [0.25, 0.3) is 0 Å². The van der Waals surface area contributed by atoms with Crippen LogP contribution in [0.15, 0.2) is 53.4 Å². The van der Waals surface area contributed by atoms with Gasteiger partial charge in [-0.1, -0.05) is 23.7 Å². The summed E-state index contributed by atoms with van der Waals surface area (Å²) >= 11 is 5.87. The molecule has 0 amide bonds. The highest BCUT2D eigenvalue weighted by molar-refractivity contribution is 7.89. The summed E-state index contributed by atoms with van der Waals surface area (Å²) < 4.78 is 27.0. The molecular weight excluding hydrogens is 308 g/mol. The maximum absolute atomic E-state index is 12.2. The van der Waals surface area contributed by atoms with Crippen molar-refractivity contribution in [1.29, 1.82) is 0 Å². The molecule has 4 nitrogen and oxygen atoms in total. The van der Waals surface area contributed by atoms with Gasteiger partial charge in [-0.15, -0.1) is 0 Å². The summed E-state index contributed by atoms with van der Waals surface area (Å²) in [6.45, 7) is 2.98. The van der Waals surface area contributed by atoms with Crippen molar-refractivity contribution >= 4 is 27.3 Å². The molecular formula is C15H17ClN2O2S. The quantitative estimate of drug-likeness (QED) is 0.857. The summed E-state index contributed by atoms with van der Waals surface area (Å²) in [7, 11) is -3.52. The summed E-state index contributed by atoms with van der Waals surface area (Å²) in [5.41, 5.74) is 1.71. The van der Waals surface area contributed by atoms with Crippen molar-refractivity contribution in [3.05, 3.63) is 59.1 Å². The van der Waals surface area contributed by atoms with Crippen LogP contribution in [0, 0.1) is 0 Å². The Balaban J connectivity index is 2.07. The average Bonchev–Trinajstić information content (AvgIpc) is 2.46. The standard InChI is InChI=1S/C15H17ClN2O2S/c1-2-17-14-6-8-15(9-7-14)21(19,20)18-11-12-4-3-5-13(16)10-12/h3-10,17-18H,2,11H2,1H3. The molecule has 0 aliphatic heterocycles. The third kappa shape index (κ3) is 4.46. The van der Waals surface area contributed by atoms with Gasteiger partial charge in [0.05, 0.1) is 4.90 Å². The Labute approximate surface area is 130 Å². The van der Waals surface area contributed by atoms with E-state index >= 15 is 0 Å². The first-order valence-corrected chi connectivity index (χ1v) is 8.45. The van der Waals surface area contributed by atoms with Gasteiger partial charge in [0.25, 0.3) is 0 Å². The van der Waals surface area contributed by atoms with Gasteiger partial charge in [-0.3, -0.25) is 0 Å². The number of sulfonamides is 1. The number of hydrogen-bond donors (Lipinski definition) is 2. The van der Waals surface area contributed by atoms with Gasteiger partial charge in [-0.2, -0.15) is 0 Å². The highest BCUT2D eigenvalue weighted by atomic mass is 35.5. The minimum Gasteiger partial charge on any atom is -0.385 e. The zero-order valence-electron chi connectivity index (χ0n) is 11.6. The second-order valence-corrected chi connectivity index (χ2v) is 6.71. The van der Waals surface area contributed by atoms with Gasteiger partial charge < -0.3 is 5.32 Å². The van der Waals surface area contributed by atoms with Crippen molar-refractivity contribution in [3.63, 3.8) is 0 Å². The summed E-state index contributed by atoms with van der Waals surface area (Å²) in [5, 5.41) is 3.71. The first-order valence-electron chi connectivity index (χ1n) is 6.59. The molecule has 0 saturated carbocycles. The van der Waals surface area contributed by atoms with E-state index in [-0.39, 0.29) is 11.4 Å². The van der Waals surface area contributed by atoms with Gasteiger partial charge >= 0.3 is 0 Å². The van der Waals surface area contributed by atoms with E-state index in [0.717, 1.165) is 17.8 Å². The van der Waals surface area contributed by atoms with Crippen LogP contribution in [-0.2, 0) is 16.6 Å². The van der Waals surface area contributed by atoms with Crippen molar-refractivity contribution in [2.75, 3.05) is 11.9 Å². The predicted molar refractivity (Wildman–Crippen MR) is 86.1 cm³/mol. The van der Waals surface area contributed by atoms with Gasteiger partial charge in [0, 0.05) is 23.8 Å². The van der Waals surface area contributed by atoms with Crippen molar-refractivity contribution in [1.82, 2.24) is 4.72 Å². The minimum atomic E-state index is -3.52. The van der Waals surface area contributed by atoms with Crippen molar-refractivity contribution in [3.8, 4) is 0 Å². The maximum Gasteiger partial charge on any atom is 0.240 e. The molecule has 2 aromatic carbocycles. The Bertz CT molecular complexity index is 700. The Morgan fingerprint density at radius 2 is 1.81 bits per heavy atom. The molecule has 2 N–H and O–H groups in total. The molecule has 2 aromatic rings. The number of halogens is 1. The molecule has 21 heavy (non-hydrogen) atoms. The molecule has 0 heterocycles. The lowest BCUT2D eigenvalue weighted by atomic mass is 10.2. The first kappa shape index (κ1) is 15.8. The number of benzene rings is 2. The van der Waals surface area contributed by atoms with E-state index < -0.39 is 10.0 Å². The van der Waals surface area contributed by atoms with Crippen LogP contribution >= 0.6 is 11.6 Å². The summed E-state index contributed by atoms with van der Waals surface area (Å²) in [6, 6.07) is 13.8. The number of hydrogen-bond acceptors (Lipinski definition) is 3. The Kier molecular flexibility index (Phi) is 5.22. The fourth-order valence-electron chi connectivity index (χ4n) is 1.86. The highest BCUT2D eigenvalue weighted by Crippen LogP contribution is 2.15. The third-order valence-corrected chi connectivity index (χ3v) is 4.55. The molecule has 0 bridgehead atoms. The highest BCUT2D eigenvalue weighted by Gasteiger charge is 2.13. The monoisotopic (exact) mass is 324 g/mol. The van der Waals surface area contributed by atoms with Crippen LogP contribution in [0.3, 0.4) is 0 Å². The molecule has 0 aromatic heterocycles. The van der Waals surface area contributed by atoms with Crippen molar-refractivity contribution < 1.29 is 8.42 Å². The zero-order valence-corrected chi connectivity index (χ0v) is 13.2. The van der Waals surface area contributed by atoms with Crippen molar-refractivity contribution in [2.24, 2.45) is 0 Å². The smallest absolute Gasteiger partial charge is 0.240 e. The normalized spacial score (nSPS) is 11.3. The average molecular weight is 325 g/mol. The van der Waals surface area contributed by atoms with E-state index in [4.69, 9.17) is 11.6 Å². The predicted octanol–water partition coefficient (Wildman–Crippen LogP) is 3.25. The van der Waals surface area contributed by atoms with E-state index in [0.29, 0.717) is 5.02 Å². The van der Waals surface area contributed by atoms with Gasteiger partial charge in [0.15, 0.2) is 0 Å². The molecule has 0 aliphatic rings. The van der Waals surface area contributed by atoms with E-state index in [1.54, 1.807) is 42.5 Å². The minimum absolute atomic E-state index is 0.206. The van der Waals surface area contributed by atoms with Crippen LogP contribution < -0.4 is 10.0 Å². The molecule has 112 valence electrons. The van der Waals surface area contributed by atoms with Gasteiger partial charge in [-0.25, -0.2) is 13.1 Å². The second-order valence-electron chi connectivity index (χ2n) is 4.51. The van der Waals surface area contributed by atoms with Crippen LogP contribution in [0.4, 0.5) is 5.69 Å². The maximum atomic E-state index is 12.2. The number of rotatable bonds is 6. The van der Waals surface area contributed by atoms with Crippen LogP contribution in [-0.4, -0.2) is 15.0 Å². The SMILES string of the molecule is CCNc1ccc(S(=O)(=O)NCc2cccc(Cl)c2)cc1. The summed E-state index contributed by atoms with van der Waals surface area (Å²) in [5.74, 6) is 0. The third-order valence-electron chi connectivity index (χ3n) is 2.90. The number of nitrogens with one attached hydrogen (secondary N) is 2. The molecule has 0 aliphatic carbocycles. The van der Waals surface area contributed by atoms with E-state index in [2.05, 4.69) is 10.0 Å². The molecule has 6 heteroatoms. The molecule has 0 unspecified atom stereocenters. The lowest BCUT2D eigenvalue weighted by Gasteiger charge is -2.08. The molecule has 2 rings (SSSR count). The second kappa shape index (κ2) is 6.93. The first-order chi connectivity index (χ1) is 10.0. The van der Waals surface area contributed by atoms with E-state index in [1.165, 1.54) is 0 Å².